The maximum absolute atomic E-state index is 10.6. The Hall–Kier alpha value is -3.23. The highest BCUT2D eigenvalue weighted by atomic mass is 32.1. The first-order valence-electron chi connectivity index (χ1n) is 9.71. The van der Waals surface area contributed by atoms with Crippen molar-refractivity contribution in [2.45, 2.75) is 6.92 Å². The molecule has 0 spiro atoms. The van der Waals surface area contributed by atoms with Crippen molar-refractivity contribution < 1.29 is 9.53 Å². The number of hydrogen-bond donors (Lipinski definition) is 2. The number of benzene rings is 1. The predicted octanol–water partition coefficient (Wildman–Crippen LogP) is 3.81. The van der Waals surface area contributed by atoms with Crippen LogP contribution in [0.2, 0.25) is 0 Å². The first kappa shape index (κ1) is 20.1. The van der Waals surface area contributed by atoms with Crippen LogP contribution in [0.15, 0.2) is 47.4 Å². The van der Waals surface area contributed by atoms with E-state index in [0.29, 0.717) is 6.41 Å². The van der Waals surface area contributed by atoms with Crippen molar-refractivity contribution in [2.24, 2.45) is 0 Å². The molecule has 0 aliphatic carbocycles. The van der Waals surface area contributed by atoms with Gasteiger partial charge in [0.25, 0.3) is 0 Å². The Bertz CT molecular complexity index is 1010. The molecule has 0 radical (unpaired) electrons. The van der Waals surface area contributed by atoms with E-state index in [1.165, 1.54) is 17.0 Å². The Labute approximate surface area is 179 Å². The molecule has 0 bridgehead atoms. The first-order valence-corrected chi connectivity index (χ1v) is 10.6. The molecule has 0 atom stereocenters. The second-order valence-corrected chi connectivity index (χ2v) is 7.55. The van der Waals surface area contributed by atoms with Crippen molar-refractivity contribution in [3.05, 3.63) is 58.5 Å². The van der Waals surface area contributed by atoms with E-state index in [1.807, 2.05) is 24.4 Å². The van der Waals surface area contributed by atoms with Gasteiger partial charge in [0.2, 0.25) is 6.41 Å². The number of carbonyl (C=O) groups is 1. The zero-order chi connectivity index (χ0) is 20.8. The number of morpholine rings is 1. The highest BCUT2D eigenvalue weighted by molar-refractivity contribution is 7.07. The lowest BCUT2D eigenvalue weighted by Crippen LogP contribution is -2.36. The summed E-state index contributed by atoms with van der Waals surface area (Å²) in [5, 5.41) is 7.96. The largest absolute Gasteiger partial charge is 0.378 e. The normalized spacial score (nSPS) is 14.1. The van der Waals surface area contributed by atoms with E-state index >= 15 is 0 Å². The topological polar surface area (TPSA) is 79.4 Å². The third kappa shape index (κ3) is 4.67. The fourth-order valence-corrected chi connectivity index (χ4v) is 3.83. The van der Waals surface area contributed by atoms with E-state index in [0.717, 1.165) is 60.3 Å². The molecule has 8 heteroatoms. The van der Waals surface area contributed by atoms with Gasteiger partial charge in [-0.15, -0.1) is 11.3 Å². The summed E-state index contributed by atoms with van der Waals surface area (Å²) >= 11 is 1.53. The molecule has 1 fully saturated rings. The van der Waals surface area contributed by atoms with Crippen LogP contribution in [0.4, 0.5) is 17.2 Å². The van der Waals surface area contributed by atoms with Crippen molar-refractivity contribution in [3.63, 3.8) is 0 Å². The molecule has 7 nitrogen and oxygen atoms in total. The fraction of sp³-hybridized carbons (Fsp3) is 0.227. The molecule has 30 heavy (non-hydrogen) atoms. The number of rotatable bonds is 7. The zero-order valence-corrected chi connectivity index (χ0v) is 17.5. The third-order valence-corrected chi connectivity index (χ3v) is 5.53. The lowest BCUT2D eigenvalue weighted by molar-refractivity contribution is -0.108. The quantitative estimate of drug-likeness (QED) is 0.565. The number of carbonyl (C=O) groups excluding carboxylic acids is 1. The summed E-state index contributed by atoms with van der Waals surface area (Å²) in [7, 11) is 0. The SMILES string of the molecule is Cc1c(/C=C\NC=O)cc(-c2cscn2)nc1Nc1ccc(N2CCOCC2)cc1. The highest BCUT2D eigenvalue weighted by Crippen LogP contribution is 2.29. The van der Waals surface area contributed by atoms with Crippen LogP contribution in [0.1, 0.15) is 11.1 Å². The van der Waals surface area contributed by atoms with Crippen LogP contribution in [-0.2, 0) is 9.53 Å². The molecule has 4 rings (SSSR count). The molecular weight excluding hydrogens is 398 g/mol. The Balaban J connectivity index is 1.61. The predicted molar refractivity (Wildman–Crippen MR) is 121 cm³/mol. The summed E-state index contributed by atoms with van der Waals surface area (Å²) in [5.41, 5.74) is 7.47. The molecule has 2 aromatic heterocycles. The molecule has 2 N–H and O–H groups in total. The Kier molecular flexibility index (Phi) is 6.36. The molecule has 1 aliphatic heterocycles. The summed E-state index contributed by atoms with van der Waals surface area (Å²) in [6.45, 7) is 5.35. The summed E-state index contributed by atoms with van der Waals surface area (Å²) in [4.78, 5) is 22.1. The van der Waals surface area contributed by atoms with Gasteiger partial charge in [-0.25, -0.2) is 9.97 Å². The van der Waals surface area contributed by atoms with Gasteiger partial charge in [0.05, 0.1) is 30.1 Å². The number of anilines is 3. The molecule has 3 heterocycles. The van der Waals surface area contributed by atoms with Crippen molar-refractivity contribution in [3.8, 4) is 11.4 Å². The van der Waals surface area contributed by atoms with Gasteiger partial charge in [-0.05, 0) is 54.5 Å². The standard InChI is InChI=1S/C22H23N5O2S/c1-16-17(6-7-23-14-28)12-20(21-13-30-15-24-21)26-22(16)25-18-2-4-19(5-3-18)27-8-10-29-11-9-27/h2-7,12-15H,8-11H2,1H3,(H,23,28)(H,25,26)/b7-6-. The molecule has 1 amide bonds. The Morgan fingerprint density at radius 1 is 1.17 bits per heavy atom. The van der Waals surface area contributed by atoms with Crippen LogP contribution in [0, 0.1) is 6.92 Å². The Morgan fingerprint density at radius 2 is 1.97 bits per heavy atom. The second-order valence-electron chi connectivity index (χ2n) is 6.83. The molecule has 0 saturated carbocycles. The summed E-state index contributed by atoms with van der Waals surface area (Å²) in [6.07, 6.45) is 4.11. The van der Waals surface area contributed by atoms with Gasteiger partial charge >= 0.3 is 0 Å². The molecule has 154 valence electrons. The van der Waals surface area contributed by atoms with Crippen LogP contribution >= 0.6 is 11.3 Å². The van der Waals surface area contributed by atoms with E-state index in [9.17, 15) is 4.79 Å². The van der Waals surface area contributed by atoms with Gasteiger partial charge in [0.15, 0.2) is 0 Å². The highest BCUT2D eigenvalue weighted by Gasteiger charge is 2.13. The Morgan fingerprint density at radius 3 is 2.67 bits per heavy atom. The molecule has 0 unspecified atom stereocenters. The number of aromatic nitrogens is 2. The lowest BCUT2D eigenvalue weighted by atomic mass is 10.1. The summed E-state index contributed by atoms with van der Waals surface area (Å²) in [5.74, 6) is 0.755. The number of nitrogens with zero attached hydrogens (tertiary/aromatic N) is 3. The van der Waals surface area contributed by atoms with Crippen LogP contribution in [0.5, 0.6) is 0 Å². The molecule has 1 aliphatic rings. The molecule has 1 aromatic carbocycles. The van der Waals surface area contributed by atoms with Gasteiger partial charge < -0.3 is 20.3 Å². The minimum Gasteiger partial charge on any atom is -0.378 e. The van der Waals surface area contributed by atoms with Gasteiger partial charge in [0.1, 0.15) is 5.82 Å². The van der Waals surface area contributed by atoms with Crippen molar-refractivity contribution in [1.29, 1.82) is 0 Å². The van der Waals surface area contributed by atoms with E-state index in [2.05, 4.69) is 44.8 Å². The summed E-state index contributed by atoms with van der Waals surface area (Å²) < 4.78 is 5.43. The maximum atomic E-state index is 10.6. The van der Waals surface area contributed by atoms with E-state index in [-0.39, 0.29) is 0 Å². The smallest absolute Gasteiger partial charge is 0.211 e. The number of ether oxygens (including phenoxy) is 1. The maximum Gasteiger partial charge on any atom is 0.211 e. The number of pyridine rings is 1. The number of nitrogens with one attached hydrogen (secondary N) is 2. The fourth-order valence-electron chi connectivity index (χ4n) is 3.28. The lowest BCUT2D eigenvalue weighted by Gasteiger charge is -2.29. The number of thiazole rings is 1. The van der Waals surface area contributed by atoms with Crippen molar-refractivity contribution >= 4 is 41.0 Å². The average Bonchev–Trinajstić information content (AvgIpc) is 3.32. The minimum atomic E-state index is 0.642. The monoisotopic (exact) mass is 421 g/mol. The van der Waals surface area contributed by atoms with E-state index in [4.69, 9.17) is 9.72 Å². The molecular formula is C22H23N5O2S. The van der Waals surface area contributed by atoms with Crippen LogP contribution in [-0.4, -0.2) is 42.7 Å². The van der Waals surface area contributed by atoms with E-state index in [1.54, 1.807) is 11.7 Å². The van der Waals surface area contributed by atoms with Crippen LogP contribution in [0.25, 0.3) is 17.5 Å². The second kappa shape index (κ2) is 9.51. The van der Waals surface area contributed by atoms with Gasteiger partial charge in [-0.2, -0.15) is 0 Å². The van der Waals surface area contributed by atoms with Gasteiger partial charge in [-0.3, -0.25) is 4.79 Å². The number of hydrogen-bond acceptors (Lipinski definition) is 7. The van der Waals surface area contributed by atoms with Gasteiger partial charge in [0, 0.05) is 36.0 Å². The number of amides is 1. The van der Waals surface area contributed by atoms with Crippen LogP contribution < -0.4 is 15.5 Å². The average molecular weight is 422 g/mol. The van der Waals surface area contributed by atoms with Crippen molar-refractivity contribution in [1.82, 2.24) is 15.3 Å². The van der Waals surface area contributed by atoms with Crippen molar-refractivity contribution in [2.75, 3.05) is 36.5 Å². The molecule has 1 saturated heterocycles. The van der Waals surface area contributed by atoms with Crippen LogP contribution in [0.3, 0.4) is 0 Å². The van der Waals surface area contributed by atoms with E-state index < -0.39 is 0 Å². The minimum absolute atomic E-state index is 0.642. The zero-order valence-electron chi connectivity index (χ0n) is 16.7. The first-order chi connectivity index (χ1) is 14.7. The third-order valence-electron chi connectivity index (χ3n) is 4.94. The molecule has 3 aromatic rings. The summed E-state index contributed by atoms with van der Waals surface area (Å²) in [6, 6.07) is 10.3. The van der Waals surface area contributed by atoms with Gasteiger partial charge in [-0.1, -0.05) is 0 Å².